The summed E-state index contributed by atoms with van der Waals surface area (Å²) in [5.41, 5.74) is 1.47. The first kappa shape index (κ1) is 17.8. The average molecular weight is 417 g/mol. The monoisotopic (exact) mass is 417 g/mol. The zero-order valence-electron chi connectivity index (χ0n) is 15.9. The number of aromatic nitrogens is 2. The second kappa shape index (κ2) is 6.01. The van der Waals surface area contributed by atoms with Crippen molar-refractivity contribution in [2.75, 3.05) is 5.32 Å². The Labute approximate surface area is 173 Å². The molecule has 2 aromatic heterocycles. The van der Waals surface area contributed by atoms with Gasteiger partial charge in [0.15, 0.2) is 0 Å². The summed E-state index contributed by atoms with van der Waals surface area (Å²) in [5, 5.41) is 3.80. The number of anilines is 1. The van der Waals surface area contributed by atoms with E-state index in [1.54, 1.807) is 24.5 Å². The van der Waals surface area contributed by atoms with Crippen LogP contribution in [0.5, 0.6) is 0 Å². The number of H-pyrrole nitrogens is 2. The molecular formula is C24H14F3N3O. The normalized spacial score (nSPS) is 14.9. The van der Waals surface area contributed by atoms with E-state index in [2.05, 4.69) is 15.3 Å². The Morgan fingerprint density at radius 2 is 1.16 bits per heavy atom. The van der Waals surface area contributed by atoms with Crippen molar-refractivity contribution in [1.29, 1.82) is 0 Å². The third-order valence-corrected chi connectivity index (χ3v) is 6.07. The van der Waals surface area contributed by atoms with Gasteiger partial charge in [-0.15, -0.1) is 0 Å². The number of amides is 1. The number of carbonyl (C=O) groups is 1. The standard InChI is InChI=1S/C24H14F3N3O/c25-12-1-4-20-15(7-12)18(10-28-20)24(17-9-14(27)3-6-22(17)30-23(24)31)19-11-29-21-5-2-13(26)8-16(19)21/h1-11,28-29H,(H,30,31). The lowest BCUT2D eigenvalue weighted by atomic mass is 9.70. The van der Waals surface area contributed by atoms with Gasteiger partial charge in [-0.25, -0.2) is 13.2 Å². The van der Waals surface area contributed by atoms with Crippen molar-refractivity contribution in [2.24, 2.45) is 0 Å². The first-order valence-electron chi connectivity index (χ1n) is 9.64. The molecule has 0 saturated carbocycles. The van der Waals surface area contributed by atoms with Crippen molar-refractivity contribution in [2.45, 2.75) is 5.41 Å². The van der Waals surface area contributed by atoms with Crippen molar-refractivity contribution in [1.82, 2.24) is 9.97 Å². The van der Waals surface area contributed by atoms with Crippen molar-refractivity contribution >= 4 is 33.4 Å². The average Bonchev–Trinajstić information content (AvgIpc) is 3.42. The topological polar surface area (TPSA) is 60.7 Å². The van der Waals surface area contributed by atoms with Crippen LogP contribution in [0.25, 0.3) is 21.8 Å². The molecule has 0 unspecified atom stereocenters. The molecule has 1 aliphatic heterocycles. The zero-order valence-corrected chi connectivity index (χ0v) is 15.9. The smallest absolute Gasteiger partial charge is 0.244 e. The summed E-state index contributed by atoms with van der Waals surface area (Å²) >= 11 is 0. The maximum Gasteiger partial charge on any atom is 0.244 e. The van der Waals surface area contributed by atoms with Crippen molar-refractivity contribution in [3.63, 3.8) is 0 Å². The summed E-state index contributed by atoms with van der Waals surface area (Å²) in [4.78, 5) is 19.8. The van der Waals surface area contributed by atoms with Crippen molar-refractivity contribution in [3.05, 3.63) is 101 Å². The van der Waals surface area contributed by atoms with Gasteiger partial charge in [-0.3, -0.25) is 4.79 Å². The molecule has 6 rings (SSSR count). The Hall–Kier alpha value is -4.00. The van der Waals surface area contributed by atoms with E-state index in [-0.39, 0.29) is 0 Å². The van der Waals surface area contributed by atoms with Gasteiger partial charge in [0.1, 0.15) is 22.9 Å². The molecular weight excluding hydrogens is 403 g/mol. The van der Waals surface area contributed by atoms with E-state index in [0.29, 0.717) is 44.2 Å². The maximum atomic E-state index is 14.4. The van der Waals surface area contributed by atoms with Crippen LogP contribution in [0, 0.1) is 17.5 Å². The molecule has 0 atom stereocenters. The molecule has 0 fully saturated rings. The third kappa shape index (κ3) is 2.28. The van der Waals surface area contributed by atoms with E-state index in [9.17, 15) is 18.0 Å². The molecule has 0 saturated heterocycles. The molecule has 0 aliphatic carbocycles. The molecule has 7 heteroatoms. The Morgan fingerprint density at radius 3 is 1.74 bits per heavy atom. The quantitative estimate of drug-likeness (QED) is 0.356. The summed E-state index contributed by atoms with van der Waals surface area (Å²) in [6.45, 7) is 0. The molecule has 3 aromatic carbocycles. The molecule has 0 spiro atoms. The summed E-state index contributed by atoms with van der Waals surface area (Å²) in [7, 11) is 0. The fraction of sp³-hybridized carbons (Fsp3) is 0.0417. The second-order valence-corrected chi connectivity index (χ2v) is 7.68. The predicted molar refractivity (Wildman–Crippen MR) is 111 cm³/mol. The molecule has 5 aromatic rings. The van der Waals surface area contributed by atoms with Gasteiger partial charge in [0.2, 0.25) is 5.91 Å². The minimum absolute atomic E-state index is 0.382. The third-order valence-electron chi connectivity index (χ3n) is 6.07. The van der Waals surface area contributed by atoms with Gasteiger partial charge in [-0.1, -0.05) is 0 Å². The number of nitrogens with one attached hydrogen (secondary N) is 3. The molecule has 31 heavy (non-hydrogen) atoms. The second-order valence-electron chi connectivity index (χ2n) is 7.68. The lowest BCUT2D eigenvalue weighted by Crippen LogP contribution is -2.36. The predicted octanol–water partition coefficient (Wildman–Crippen LogP) is 5.35. The summed E-state index contributed by atoms with van der Waals surface area (Å²) in [6, 6.07) is 12.5. The van der Waals surface area contributed by atoms with E-state index in [4.69, 9.17) is 0 Å². The van der Waals surface area contributed by atoms with Gasteiger partial charge in [0.25, 0.3) is 0 Å². The minimum atomic E-state index is -1.52. The summed E-state index contributed by atoms with van der Waals surface area (Å²) in [6.07, 6.45) is 3.25. The number of fused-ring (bicyclic) bond motifs is 3. The van der Waals surface area contributed by atoms with E-state index < -0.39 is 28.8 Å². The molecule has 1 amide bonds. The number of hydrogen-bond acceptors (Lipinski definition) is 1. The van der Waals surface area contributed by atoms with Crippen LogP contribution in [-0.4, -0.2) is 15.9 Å². The van der Waals surface area contributed by atoms with Gasteiger partial charge in [-0.05, 0) is 54.6 Å². The van der Waals surface area contributed by atoms with Gasteiger partial charge in [-0.2, -0.15) is 0 Å². The van der Waals surface area contributed by atoms with Gasteiger partial charge in [0.05, 0.1) is 0 Å². The molecule has 1 aliphatic rings. The van der Waals surface area contributed by atoms with Crippen LogP contribution >= 0.6 is 0 Å². The summed E-state index contributed by atoms with van der Waals surface area (Å²) < 4.78 is 42.8. The molecule has 4 nitrogen and oxygen atoms in total. The first-order chi connectivity index (χ1) is 15.0. The van der Waals surface area contributed by atoms with Crippen molar-refractivity contribution in [3.8, 4) is 0 Å². The van der Waals surface area contributed by atoms with Crippen molar-refractivity contribution < 1.29 is 18.0 Å². The maximum absolute atomic E-state index is 14.4. The molecule has 152 valence electrons. The number of benzene rings is 3. The Balaban J connectivity index is 1.80. The van der Waals surface area contributed by atoms with Gasteiger partial charge < -0.3 is 15.3 Å². The van der Waals surface area contributed by atoms with Crippen LogP contribution in [0.4, 0.5) is 18.9 Å². The number of rotatable bonds is 2. The highest BCUT2D eigenvalue weighted by Gasteiger charge is 2.52. The Morgan fingerprint density at radius 1 is 0.645 bits per heavy atom. The van der Waals surface area contributed by atoms with E-state index in [1.807, 2.05) is 0 Å². The van der Waals surface area contributed by atoms with Crippen LogP contribution in [0.2, 0.25) is 0 Å². The Bertz CT molecular complexity index is 1450. The van der Waals surface area contributed by atoms with Gasteiger partial charge in [0, 0.05) is 56.6 Å². The fourth-order valence-corrected chi connectivity index (χ4v) is 4.76. The summed E-state index contributed by atoms with van der Waals surface area (Å²) in [5.74, 6) is -1.88. The minimum Gasteiger partial charge on any atom is -0.361 e. The number of carbonyl (C=O) groups excluding carboxylic acids is 1. The number of halogens is 3. The van der Waals surface area contributed by atoms with Crippen LogP contribution in [0.15, 0.2) is 67.0 Å². The van der Waals surface area contributed by atoms with Gasteiger partial charge >= 0.3 is 0 Å². The first-order valence-corrected chi connectivity index (χ1v) is 9.64. The Kier molecular flexibility index (Phi) is 3.46. The molecule has 3 heterocycles. The highest BCUT2D eigenvalue weighted by atomic mass is 19.1. The van der Waals surface area contributed by atoms with E-state index >= 15 is 0 Å². The number of aromatic amines is 2. The lowest BCUT2D eigenvalue weighted by molar-refractivity contribution is -0.118. The van der Waals surface area contributed by atoms with Crippen LogP contribution in [0.3, 0.4) is 0 Å². The SMILES string of the molecule is O=C1Nc2ccc(F)cc2C1(c1c[nH]c2ccc(F)cc12)c1c[nH]c2ccc(F)cc12. The molecule has 0 bridgehead atoms. The lowest BCUT2D eigenvalue weighted by Gasteiger charge is -2.27. The van der Waals surface area contributed by atoms with E-state index in [0.717, 1.165) is 0 Å². The van der Waals surface area contributed by atoms with Crippen LogP contribution in [0.1, 0.15) is 16.7 Å². The van der Waals surface area contributed by atoms with Crippen LogP contribution in [-0.2, 0) is 10.2 Å². The van der Waals surface area contributed by atoms with E-state index in [1.165, 1.54) is 42.5 Å². The molecule has 3 N–H and O–H groups in total. The largest absolute Gasteiger partial charge is 0.361 e. The fourth-order valence-electron chi connectivity index (χ4n) is 4.76. The highest BCUT2D eigenvalue weighted by molar-refractivity contribution is 6.15. The molecule has 0 radical (unpaired) electrons. The highest BCUT2D eigenvalue weighted by Crippen LogP contribution is 2.51. The van der Waals surface area contributed by atoms with Crippen LogP contribution < -0.4 is 5.32 Å². The number of hydrogen-bond donors (Lipinski definition) is 3. The zero-order chi connectivity index (χ0) is 21.3.